The Kier molecular flexibility index (Phi) is 7.79. The van der Waals surface area contributed by atoms with E-state index in [4.69, 9.17) is 16.3 Å². The fraction of sp³-hybridized carbons (Fsp3) is 0.316. The third kappa shape index (κ3) is 6.32. The summed E-state index contributed by atoms with van der Waals surface area (Å²) in [4.78, 5) is 12.5. The maximum Gasteiger partial charge on any atom is 0.251 e. The van der Waals surface area contributed by atoms with Crippen molar-refractivity contribution in [3.05, 3.63) is 64.2 Å². The van der Waals surface area contributed by atoms with Crippen LogP contribution in [0.5, 0.6) is 0 Å². The minimum absolute atomic E-state index is 0.0482. The van der Waals surface area contributed by atoms with E-state index in [9.17, 15) is 13.2 Å². The molecule has 0 saturated carbocycles. The third-order valence-corrected chi connectivity index (χ3v) is 5.69. The van der Waals surface area contributed by atoms with Gasteiger partial charge < -0.3 is 10.1 Å². The first-order valence-corrected chi connectivity index (χ1v) is 10.3. The molecule has 8 heteroatoms. The van der Waals surface area contributed by atoms with Crippen LogP contribution < -0.4 is 10.0 Å². The summed E-state index contributed by atoms with van der Waals surface area (Å²) in [5, 5.41) is 3.49. The maximum absolute atomic E-state index is 12.5. The molecule has 6 nitrogen and oxygen atoms in total. The summed E-state index contributed by atoms with van der Waals surface area (Å²) < 4.78 is 31.9. The second-order valence-electron chi connectivity index (χ2n) is 6.00. The molecular weight excluding hydrogens is 388 g/mol. The molecule has 2 aromatic carbocycles. The van der Waals surface area contributed by atoms with Crippen molar-refractivity contribution in [3.63, 3.8) is 0 Å². The van der Waals surface area contributed by atoms with Crippen LogP contribution >= 0.6 is 11.6 Å². The number of aryl methyl sites for hydroxylation is 1. The number of halogens is 1. The van der Waals surface area contributed by atoms with Gasteiger partial charge in [0.05, 0.1) is 11.5 Å². The van der Waals surface area contributed by atoms with Crippen molar-refractivity contribution in [2.75, 3.05) is 26.8 Å². The Hall–Kier alpha value is -1.93. The van der Waals surface area contributed by atoms with Crippen molar-refractivity contribution in [1.82, 2.24) is 10.0 Å². The van der Waals surface area contributed by atoms with Gasteiger partial charge in [0.25, 0.3) is 5.91 Å². The summed E-state index contributed by atoms with van der Waals surface area (Å²) in [6.45, 7) is 2.63. The van der Waals surface area contributed by atoms with Crippen molar-refractivity contribution in [3.8, 4) is 0 Å². The van der Waals surface area contributed by atoms with Crippen LogP contribution in [0.2, 0.25) is 5.02 Å². The molecule has 0 aliphatic heterocycles. The first-order chi connectivity index (χ1) is 12.8. The lowest BCUT2D eigenvalue weighted by Crippen LogP contribution is -2.29. The second-order valence-corrected chi connectivity index (χ2v) is 8.20. The fourth-order valence-electron chi connectivity index (χ4n) is 2.44. The average Bonchev–Trinajstić information content (AvgIpc) is 2.63. The lowest BCUT2D eigenvalue weighted by Gasteiger charge is -2.11. The predicted molar refractivity (Wildman–Crippen MR) is 106 cm³/mol. The molecule has 2 aromatic rings. The number of methoxy groups -OCH3 is 1. The van der Waals surface area contributed by atoms with E-state index in [-0.39, 0.29) is 24.0 Å². The van der Waals surface area contributed by atoms with Gasteiger partial charge in [-0.25, -0.2) is 13.1 Å². The van der Waals surface area contributed by atoms with Crippen LogP contribution in [0.1, 0.15) is 21.5 Å². The first-order valence-electron chi connectivity index (χ1n) is 8.45. The van der Waals surface area contributed by atoms with Crippen LogP contribution in [-0.4, -0.2) is 41.1 Å². The van der Waals surface area contributed by atoms with Gasteiger partial charge in [0, 0.05) is 30.8 Å². The van der Waals surface area contributed by atoms with Crippen molar-refractivity contribution < 1.29 is 17.9 Å². The number of ether oxygens (including phenoxy) is 1. The highest BCUT2D eigenvalue weighted by molar-refractivity contribution is 7.89. The first kappa shape index (κ1) is 21.4. The van der Waals surface area contributed by atoms with Gasteiger partial charge in [0.2, 0.25) is 10.0 Å². The van der Waals surface area contributed by atoms with E-state index < -0.39 is 10.0 Å². The van der Waals surface area contributed by atoms with E-state index in [0.717, 1.165) is 5.56 Å². The highest BCUT2D eigenvalue weighted by atomic mass is 35.5. The number of nitrogens with one attached hydrogen (secondary N) is 2. The number of carbonyl (C=O) groups is 1. The van der Waals surface area contributed by atoms with Crippen molar-refractivity contribution >= 4 is 27.5 Å². The molecule has 0 bridgehead atoms. The van der Waals surface area contributed by atoms with E-state index in [1.165, 1.54) is 19.2 Å². The van der Waals surface area contributed by atoms with E-state index >= 15 is 0 Å². The second kappa shape index (κ2) is 9.85. The molecule has 0 aliphatic carbocycles. The lowest BCUT2D eigenvalue weighted by atomic mass is 10.1. The van der Waals surface area contributed by atoms with Crippen molar-refractivity contribution in [2.45, 2.75) is 18.2 Å². The summed E-state index contributed by atoms with van der Waals surface area (Å²) in [6, 6.07) is 11.9. The molecule has 0 fully saturated rings. The van der Waals surface area contributed by atoms with Gasteiger partial charge in [-0.2, -0.15) is 0 Å². The van der Waals surface area contributed by atoms with Gasteiger partial charge in [0.1, 0.15) is 0 Å². The Bertz CT molecular complexity index is 883. The average molecular weight is 411 g/mol. The molecule has 0 heterocycles. The summed E-state index contributed by atoms with van der Waals surface area (Å²) in [5.74, 6) is -0.310. The monoisotopic (exact) mass is 410 g/mol. The normalized spacial score (nSPS) is 11.4. The Morgan fingerprint density at radius 3 is 2.48 bits per heavy atom. The van der Waals surface area contributed by atoms with Crippen LogP contribution in [0.3, 0.4) is 0 Å². The quantitative estimate of drug-likeness (QED) is 0.622. The van der Waals surface area contributed by atoms with E-state index in [0.29, 0.717) is 29.1 Å². The number of rotatable bonds is 9. The Balaban J connectivity index is 2.03. The van der Waals surface area contributed by atoms with Crippen LogP contribution in [0.4, 0.5) is 0 Å². The molecule has 146 valence electrons. The SMILES string of the molecule is COCCNS(=O)(=O)c1ccc(C)c(C(=O)NCCc2ccc(Cl)cc2)c1. The van der Waals surface area contributed by atoms with Gasteiger partial charge in [-0.1, -0.05) is 29.8 Å². The molecule has 0 unspecified atom stereocenters. The predicted octanol–water partition coefficient (Wildman–Crippen LogP) is 2.55. The topological polar surface area (TPSA) is 84.5 Å². The van der Waals surface area contributed by atoms with Crippen molar-refractivity contribution in [2.24, 2.45) is 0 Å². The smallest absolute Gasteiger partial charge is 0.251 e. The molecule has 1 amide bonds. The summed E-state index contributed by atoms with van der Waals surface area (Å²) in [5.41, 5.74) is 2.09. The zero-order valence-corrected chi connectivity index (χ0v) is 16.9. The van der Waals surface area contributed by atoms with Crippen LogP contribution in [0.25, 0.3) is 0 Å². The van der Waals surface area contributed by atoms with Crippen LogP contribution in [-0.2, 0) is 21.2 Å². The van der Waals surface area contributed by atoms with Gasteiger partial charge in [-0.05, 0) is 48.7 Å². The zero-order chi connectivity index (χ0) is 19.9. The highest BCUT2D eigenvalue weighted by Gasteiger charge is 2.17. The highest BCUT2D eigenvalue weighted by Crippen LogP contribution is 2.16. The van der Waals surface area contributed by atoms with Gasteiger partial charge >= 0.3 is 0 Å². The molecular formula is C19H23ClN2O4S. The molecule has 2 N–H and O–H groups in total. The van der Waals surface area contributed by atoms with E-state index in [2.05, 4.69) is 10.0 Å². The molecule has 0 aliphatic rings. The number of benzene rings is 2. The summed E-state index contributed by atoms with van der Waals surface area (Å²) in [7, 11) is -2.20. The molecule has 0 spiro atoms. The summed E-state index contributed by atoms with van der Waals surface area (Å²) >= 11 is 5.85. The van der Waals surface area contributed by atoms with Gasteiger partial charge in [-0.15, -0.1) is 0 Å². The molecule has 0 radical (unpaired) electrons. The minimum atomic E-state index is -3.70. The third-order valence-electron chi connectivity index (χ3n) is 3.97. The Morgan fingerprint density at radius 2 is 1.81 bits per heavy atom. The van der Waals surface area contributed by atoms with E-state index in [1.807, 2.05) is 12.1 Å². The number of hydrogen-bond acceptors (Lipinski definition) is 4. The standard InChI is InChI=1S/C19H23ClN2O4S/c1-14-3-8-17(27(24,25)22-11-12-26-2)13-18(14)19(23)21-10-9-15-4-6-16(20)7-5-15/h3-8,13,22H,9-12H2,1-2H3,(H,21,23). The Labute approximate surface area is 164 Å². The van der Waals surface area contributed by atoms with Crippen LogP contribution in [0, 0.1) is 6.92 Å². The minimum Gasteiger partial charge on any atom is -0.383 e. The number of carbonyl (C=O) groups excluding carboxylic acids is 1. The largest absolute Gasteiger partial charge is 0.383 e. The molecule has 0 aromatic heterocycles. The maximum atomic E-state index is 12.5. The van der Waals surface area contributed by atoms with E-state index in [1.54, 1.807) is 25.1 Å². The summed E-state index contributed by atoms with van der Waals surface area (Å²) in [6.07, 6.45) is 0.651. The van der Waals surface area contributed by atoms with Gasteiger partial charge in [0.15, 0.2) is 0 Å². The number of sulfonamides is 1. The molecule has 2 rings (SSSR count). The molecule has 0 atom stereocenters. The lowest BCUT2D eigenvalue weighted by molar-refractivity contribution is 0.0953. The van der Waals surface area contributed by atoms with Crippen molar-refractivity contribution in [1.29, 1.82) is 0 Å². The molecule has 0 saturated heterocycles. The van der Waals surface area contributed by atoms with Crippen LogP contribution in [0.15, 0.2) is 47.4 Å². The zero-order valence-electron chi connectivity index (χ0n) is 15.3. The van der Waals surface area contributed by atoms with Gasteiger partial charge in [-0.3, -0.25) is 4.79 Å². The number of hydrogen-bond donors (Lipinski definition) is 2. The fourth-order valence-corrected chi connectivity index (χ4v) is 3.61. The number of amides is 1. The Morgan fingerprint density at radius 1 is 1.11 bits per heavy atom. The molecule has 27 heavy (non-hydrogen) atoms.